The van der Waals surface area contributed by atoms with Gasteiger partial charge in [0.2, 0.25) is 0 Å². The number of halogens is 2. The van der Waals surface area contributed by atoms with Gasteiger partial charge in [0, 0.05) is 11.6 Å². The van der Waals surface area contributed by atoms with Gasteiger partial charge in [-0.1, -0.05) is 48.0 Å². The minimum absolute atomic E-state index is 0.0563. The highest BCUT2D eigenvalue weighted by atomic mass is 35.5. The van der Waals surface area contributed by atoms with Crippen molar-refractivity contribution in [3.63, 3.8) is 0 Å². The number of amides is 1. The molecule has 0 aliphatic heterocycles. The average Bonchev–Trinajstić information content (AvgIpc) is 2.71. The minimum atomic E-state index is -0.660. The van der Waals surface area contributed by atoms with Crippen molar-refractivity contribution in [3.8, 4) is 11.5 Å². The third-order valence-corrected chi connectivity index (χ3v) is 4.33. The van der Waals surface area contributed by atoms with Gasteiger partial charge >= 0.3 is 0 Å². The molecule has 0 bridgehead atoms. The number of benzene rings is 3. The zero-order chi connectivity index (χ0) is 19.9. The molecule has 1 N–H and O–H groups in total. The normalized spacial score (nSPS) is 10.4. The van der Waals surface area contributed by atoms with Crippen LogP contribution in [-0.4, -0.2) is 13.0 Å². The molecular formula is C22H19ClFNO3. The lowest BCUT2D eigenvalue weighted by molar-refractivity contribution is 0.0947. The van der Waals surface area contributed by atoms with E-state index in [1.54, 1.807) is 19.2 Å². The second kappa shape index (κ2) is 9.24. The molecule has 144 valence electrons. The maximum absolute atomic E-state index is 13.8. The van der Waals surface area contributed by atoms with E-state index in [4.69, 9.17) is 21.1 Å². The lowest BCUT2D eigenvalue weighted by Gasteiger charge is -2.13. The van der Waals surface area contributed by atoms with Crippen LogP contribution in [0.3, 0.4) is 0 Å². The summed E-state index contributed by atoms with van der Waals surface area (Å²) in [7, 11) is 1.55. The lowest BCUT2D eigenvalue weighted by Crippen LogP contribution is -2.23. The molecule has 0 spiro atoms. The Morgan fingerprint density at radius 2 is 1.79 bits per heavy atom. The van der Waals surface area contributed by atoms with Crippen LogP contribution in [0.15, 0.2) is 66.7 Å². The van der Waals surface area contributed by atoms with Crippen LogP contribution in [0.5, 0.6) is 11.5 Å². The first-order chi connectivity index (χ1) is 13.6. The van der Waals surface area contributed by atoms with Crippen LogP contribution in [-0.2, 0) is 13.2 Å². The highest BCUT2D eigenvalue weighted by Crippen LogP contribution is 2.29. The Labute approximate surface area is 167 Å². The summed E-state index contributed by atoms with van der Waals surface area (Å²) in [6, 6.07) is 19.1. The SMILES string of the molecule is COc1cc(CNC(=O)c2ccc(Cl)cc2F)ccc1OCc1ccccc1. The monoisotopic (exact) mass is 399 g/mol. The van der Waals surface area contributed by atoms with E-state index in [-0.39, 0.29) is 17.1 Å². The molecule has 0 aliphatic rings. The third-order valence-electron chi connectivity index (χ3n) is 4.09. The highest BCUT2D eigenvalue weighted by Gasteiger charge is 2.12. The number of rotatable bonds is 7. The van der Waals surface area contributed by atoms with E-state index in [2.05, 4.69) is 5.32 Å². The number of hydrogen-bond acceptors (Lipinski definition) is 3. The molecule has 0 saturated carbocycles. The Balaban J connectivity index is 1.64. The van der Waals surface area contributed by atoms with Gasteiger partial charge in [-0.25, -0.2) is 4.39 Å². The van der Waals surface area contributed by atoms with Crippen LogP contribution in [0.4, 0.5) is 4.39 Å². The van der Waals surface area contributed by atoms with Crippen LogP contribution in [0.1, 0.15) is 21.5 Å². The number of methoxy groups -OCH3 is 1. The quantitative estimate of drug-likeness (QED) is 0.608. The van der Waals surface area contributed by atoms with Crippen LogP contribution in [0.2, 0.25) is 5.02 Å². The molecule has 0 aromatic heterocycles. The molecule has 4 nitrogen and oxygen atoms in total. The van der Waals surface area contributed by atoms with Gasteiger partial charge in [-0.15, -0.1) is 0 Å². The third kappa shape index (κ3) is 5.02. The molecule has 28 heavy (non-hydrogen) atoms. The molecule has 0 fully saturated rings. The highest BCUT2D eigenvalue weighted by molar-refractivity contribution is 6.30. The van der Waals surface area contributed by atoms with Crippen molar-refractivity contribution in [1.29, 1.82) is 0 Å². The first-order valence-electron chi connectivity index (χ1n) is 8.63. The molecule has 0 heterocycles. The van der Waals surface area contributed by atoms with Gasteiger partial charge in [-0.05, 0) is 41.5 Å². The molecular weight excluding hydrogens is 381 g/mol. The molecule has 6 heteroatoms. The van der Waals surface area contributed by atoms with E-state index in [1.807, 2.05) is 36.4 Å². The van der Waals surface area contributed by atoms with Crippen molar-refractivity contribution < 1.29 is 18.7 Å². The van der Waals surface area contributed by atoms with Crippen molar-refractivity contribution in [3.05, 3.63) is 94.3 Å². The molecule has 0 unspecified atom stereocenters. The summed E-state index contributed by atoms with van der Waals surface area (Å²) in [5, 5.41) is 2.93. The molecule has 0 saturated heterocycles. The van der Waals surface area contributed by atoms with Crippen molar-refractivity contribution in [1.82, 2.24) is 5.32 Å². The standard InChI is InChI=1S/C22H19ClFNO3/c1-27-21-11-16(7-10-20(21)28-14-15-5-3-2-4-6-15)13-25-22(26)18-9-8-17(23)12-19(18)24/h2-12H,13-14H2,1H3,(H,25,26). The number of hydrogen-bond donors (Lipinski definition) is 1. The summed E-state index contributed by atoms with van der Waals surface area (Å²) in [6.45, 7) is 0.638. The Kier molecular flexibility index (Phi) is 6.50. The maximum Gasteiger partial charge on any atom is 0.254 e. The predicted octanol–water partition coefficient (Wildman–Crippen LogP) is 5.00. The van der Waals surface area contributed by atoms with E-state index in [0.717, 1.165) is 17.2 Å². The largest absolute Gasteiger partial charge is 0.493 e. The molecule has 0 aliphatic carbocycles. The van der Waals surface area contributed by atoms with Crippen LogP contribution < -0.4 is 14.8 Å². The number of ether oxygens (including phenoxy) is 2. The van der Waals surface area contributed by atoms with E-state index in [1.165, 1.54) is 12.1 Å². The molecule has 1 amide bonds. The zero-order valence-corrected chi connectivity index (χ0v) is 16.0. The topological polar surface area (TPSA) is 47.6 Å². The molecule has 0 atom stereocenters. The minimum Gasteiger partial charge on any atom is -0.493 e. The smallest absolute Gasteiger partial charge is 0.254 e. The van der Waals surface area contributed by atoms with E-state index in [0.29, 0.717) is 18.1 Å². The van der Waals surface area contributed by atoms with Gasteiger partial charge in [-0.2, -0.15) is 0 Å². The van der Waals surface area contributed by atoms with Gasteiger partial charge in [0.15, 0.2) is 11.5 Å². The van der Waals surface area contributed by atoms with Crippen molar-refractivity contribution in [2.75, 3.05) is 7.11 Å². The average molecular weight is 400 g/mol. The summed E-state index contributed by atoms with van der Waals surface area (Å²) < 4.78 is 25.0. The number of carbonyl (C=O) groups excluding carboxylic acids is 1. The molecule has 3 aromatic rings. The van der Waals surface area contributed by atoms with Crippen molar-refractivity contribution in [2.45, 2.75) is 13.2 Å². The Morgan fingerprint density at radius 3 is 2.50 bits per heavy atom. The van der Waals surface area contributed by atoms with E-state index < -0.39 is 11.7 Å². The Bertz CT molecular complexity index is 963. The fraction of sp³-hybridized carbons (Fsp3) is 0.136. The second-order valence-corrected chi connectivity index (χ2v) is 6.50. The van der Waals surface area contributed by atoms with Gasteiger partial charge < -0.3 is 14.8 Å². The van der Waals surface area contributed by atoms with Crippen molar-refractivity contribution in [2.24, 2.45) is 0 Å². The summed E-state index contributed by atoms with van der Waals surface area (Å²) in [6.07, 6.45) is 0. The summed E-state index contributed by atoms with van der Waals surface area (Å²) in [4.78, 5) is 12.2. The van der Waals surface area contributed by atoms with Gasteiger partial charge in [0.25, 0.3) is 5.91 Å². The Hall–Kier alpha value is -3.05. The summed E-state index contributed by atoms with van der Waals surface area (Å²) >= 11 is 5.71. The Morgan fingerprint density at radius 1 is 1.00 bits per heavy atom. The first kappa shape index (κ1) is 19.7. The zero-order valence-electron chi connectivity index (χ0n) is 15.2. The van der Waals surface area contributed by atoms with Gasteiger partial charge in [0.05, 0.1) is 12.7 Å². The van der Waals surface area contributed by atoms with E-state index in [9.17, 15) is 9.18 Å². The van der Waals surface area contributed by atoms with Crippen LogP contribution in [0, 0.1) is 5.82 Å². The lowest BCUT2D eigenvalue weighted by atomic mass is 10.1. The molecule has 3 rings (SSSR count). The van der Waals surface area contributed by atoms with Crippen LogP contribution >= 0.6 is 11.6 Å². The van der Waals surface area contributed by atoms with Crippen molar-refractivity contribution >= 4 is 17.5 Å². The summed E-state index contributed by atoms with van der Waals surface area (Å²) in [5.74, 6) is -0.0182. The maximum atomic E-state index is 13.8. The van der Waals surface area contributed by atoms with Gasteiger partial charge in [-0.3, -0.25) is 4.79 Å². The molecule has 0 radical (unpaired) electrons. The van der Waals surface area contributed by atoms with E-state index >= 15 is 0 Å². The van der Waals surface area contributed by atoms with Crippen LogP contribution in [0.25, 0.3) is 0 Å². The number of carbonyl (C=O) groups is 1. The second-order valence-electron chi connectivity index (χ2n) is 6.07. The number of nitrogens with one attached hydrogen (secondary N) is 1. The fourth-order valence-corrected chi connectivity index (χ4v) is 2.79. The predicted molar refractivity (Wildman–Crippen MR) is 106 cm³/mol. The van der Waals surface area contributed by atoms with Gasteiger partial charge in [0.1, 0.15) is 12.4 Å². The first-order valence-corrected chi connectivity index (χ1v) is 9.01. The molecule has 3 aromatic carbocycles. The summed E-state index contributed by atoms with van der Waals surface area (Å²) in [5.41, 5.74) is 1.79. The fourth-order valence-electron chi connectivity index (χ4n) is 2.63.